The van der Waals surface area contributed by atoms with Crippen LogP contribution in [0.15, 0.2) is 47.4 Å². The Morgan fingerprint density at radius 2 is 1.79 bits per heavy atom. The second-order valence-corrected chi connectivity index (χ2v) is 9.29. The zero-order chi connectivity index (χ0) is 21.3. The van der Waals surface area contributed by atoms with Crippen LogP contribution in [0.4, 0.5) is 11.4 Å². The maximum absolute atomic E-state index is 12.8. The molecule has 9 heteroatoms. The molecule has 0 fully saturated rings. The largest absolute Gasteiger partial charge is 0.376 e. The van der Waals surface area contributed by atoms with E-state index in [4.69, 9.17) is 0 Å². The number of para-hydroxylation sites is 2. The first-order valence-electron chi connectivity index (χ1n) is 9.07. The lowest BCUT2D eigenvalue weighted by Crippen LogP contribution is -2.24. The number of sulfonamides is 1. The number of amides is 1. The Bertz CT molecular complexity index is 1170. The van der Waals surface area contributed by atoms with Gasteiger partial charge in [-0.2, -0.15) is 0 Å². The van der Waals surface area contributed by atoms with Crippen LogP contribution in [0.3, 0.4) is 0 Å². The van der Waals surface area contributed by atoms with Crippen molar-refractivity contribution in [2.45, 2.75) is 18.4 Å². The summed E-state index contributed by atoms with van der Waals surface area (Å²) in [5.74, 6) is 0.469. The highest BCUT2D eigenvalue weighted by Gasteiger charge is 2.20. The first-order valence-corrected chi connectivity index (χ1v) is 10.5. The monoisotopic (exact) mass is 415 g/mol. The van der Waals surface area contributed by atoms with Crippen molar-refractivity contribution in [3.8, 4) is 0 Å². The van der Waals surface area contributed by atoms with Crippen molar-refractivity contribution in [3.63, 3.8) is 0 Å². The van der Waals surface area contributed by atoms with Gasteiger partial charge in [0.2, 0.25) is 15.9 Å². The molecule has 0 aliphatic heterocycles. The van der Waals surface area contributed by atoms with Crippen molar-refractivity contribution in [1.82, 2.24) is 13.9 Å². The smallest absolute Gasteiger partial charge is 0.244 e. The molecule has 0 radical (unpaired) electrons. The predicted octanol–water partition coefficient (Wildman–Crippen LogP) is 2.30. The Morgan fingerprint density at radius 1 is 1.10 bits per heavy atom. The number of nitrogens with zero attached hydrogens (tertiary/aromatic N) is 4. The average Bonchev–Trinajstić information content (AvgIpc) is 2.96. The van der Waals surface area contributed by atoms with Crippen molar-refractivity contribution in [3.05, 3.63) is 48.3 Å². The maximum atomic E-state index is 12.8. The van der Waals surface area contributed by atoms with E-state index >= 15 is 0 Å². The van der Waals surface area contributed by atoms with E-state index in [0.717, 1.165) is 21.2 Å². The molecule has 154 valence electrons. The third-order valence-corrected chi connectivity index (χ3v) is 6.46. The summed E-state index contributed by atoms with van der Waals surface area (Å²) in [5, 5.41) is 2.86. The zero-order valence-electron chi connectivity index (χ0n) is 17.2. The van der Waals surface area contributed by atoms with Crippen LogP contribution in [0.2, 0.25) is 0 Å². The summed E-state index contributed by atoms with van der Waals surface area (Å²) in [6.07, 6.45) is 0. The summed E-state index contributed by atoms with van der Waals surface area (Å²) in [5.41, 5.74) is 2.84. The number of hydrogen-bond acceptors (Lipinski definition) is 5. The van der Waals surface area contributed by atoms with E-state index in [9.17, 15) is 13.2 Å². The van der Waals surface area contributed by atoms with Gasteiger partial charge < -0.3 is 14.8 Å². The van der Waals surface area contributed by atoms with E-state index in [-0.39, 0.29) is 17.3 Å². The molecule has 2 aromatic carbocycles. The number of anilines is 2. The van der Waals surface area contributed by atoms with Crippen LogP contribution in [0.1, 0.15) is 5.82 Å². The number of aromatic nitrogens is 2. The molecular formula is C20H25N5O3S. The van der Waals surface area contributed by atoms with Gasteiger partial charge in [0.1, 0.15) is 12.4 Å². The van der Waals surface area contributed by atoms with Crippen molar-refractivity contribution >= 4 is 38.3 Å². The molecule has 0 unspecified atom stereocenters. The van der Waals surface area contributed by atoms with E-state index in [1.54, 1.807) is 6.07 Å². The molecule has 0 aliphatic carbocycles. The number of fused-ring (bicyclic) bond motifs is 1. The fourth-order valence-corrected chi connectivity index (χ4v) is 4.03. The van der Waals surface area contributed by atoms with Gasteiger partial charge in [0.15, 0.2) is 0 Å². The molecule has 29 heavy (non-hydrogen) atoms. The standard InChI is InChI=1S/C20H25N5O3S/c1-14-21-16-8-6-7-9-19(16)25(14)13-20(26)22-17-12-15(29(27,28)24(4)5)10-11-18(17)23(2)3/h6-12H,13H2,1-5H3,(H,22,26). The molecule has 1 aromatic heterocycles. The second-order valence-electron chi connectivity index (χ2n) is 7.14. The normalized spacial score (nSPS) is 11.8. The predicted molar refractivity (Wildman–Crippen MR) is 115 cm³/mol. The highest BCUT2D eigenvalue weighted by atomic mass is 32.2. The molecule has 3 aromatic rings. The van der Waals surface area contributed by atoms with Crippen molar-refractivity contribution < 1.29 is 13.2 Å². The summed E-state index contributed by atoms with van der Waals surface area (Å²) in [6, 6.07) is 12.3. The fourth-order valence-electron chi connectivity index (χ4n) is 3.11. The second kappa shape index (κ2) is 7.84. The van der Waals surface area contributed by atoms with Crippen LogP contribution in [0.25, 0.3) is 11.0 Å². The Labute approximate surface area is 170 Å². The van der Waals surface area contributed by atoms with Gasteiger partial charge in [-0.15, -0.1) is 0 Å². The highest BCUT2D eigenvalue weighted by molar-refractivity contribution is 7.89. The first-order chi connectivity index (χ1) is 13.6. The van der Waals surface area contributed by atoms with E-state index in [1.807, 2.05) is 54.8 Å². The number of carbonyl (C=O) groups is 1. The lowest BCUT2D eigenvalue weighted by Gasteiger charge is -2.20. The van der Waals surface area contributed by atoms with E-state index in [1.165, 1.54) is 26.2 Å². The molecule has 1 N–H and O–H groups in total. The molecule has 0 aliphatic rings. The van der Waals surface area contributed by atoms with Crippen LogP contribution in [0.5, 0.6) is 0 Å². The van der Waals surface area contributed by atoms with E-state index in [0.29, 0.717) is 11.4 Å². The van der Waals surface area contributed by atoms with Crippen LogP contribution in [-0.4, -0.2) is 56.4 Å². The highest BCUT2D eigenvalue weighted by Crippen LogP contribution is 2.29. The first kappa shape index (κ1) is 20.8. The number of imidazole rings is 1. The Hall–Kier alpha value is -2.91. The number of hydrogen-bond donors (Lipinski definition) is 1. The molecule has 0 saturated carbocycles. The van der Waals surface area contributed by atoms with E-state index in [2.05, 4.69) is 10.3 Å². The van der Waals surface area contributed by atoms with Crippen molar-refractivity contribution in [2.75, 3.05) is 38.4 Å². The van der Waals surface area contributed by atoms with Crippen LogP contribution >= 0.6 is 0 Å². The zero-order valence-corrected chi connectivity index (χ0v) is 18.0. The lowest BCUT2D eigenvalue weighted by molar-refractivity contribution is -0.116. The quantitative estimate of drug-likeness (QED) is 0.667. The molecule has 0 bridgehead atoms. The van der Waals surface area contributed by atoms with Crippen LogP contribution in [0, 0.1) is 6.92 Å². The number of carbonyl (C=O) groups excluding carboxylic acids is 1. The number of benzene rings is 2. The third-order valence-electron chi connectivity index (χ3n) is 4.65. The number of rotatable bonds is 6. The van der Waals surface area contributed by atoms with Crippen molar-refractivity contribution in [1.29, 1.82) is 0 Å². The third kappa shape index (κ3) is 4.10. The van der Waals surface area contributed by atoms with Gasteiger partial charge in [-0.05, 0) is 37.3 Å². The van der Waals surface area contributed by atoms with Gasteiger partial charge in [0.25, 0.3) is 0 Å². The van der Waals surface area contributed by atoms with Gasteiger partial charge in [0, 0.05) is 28.2 Å². The molecule has 8 nitrogen and oxygen atoms in total. The Morgan fingerprint density at radius 3 is 2.45 bits per heavy atom. The van der Waals surface area contributed by atoms with Gasteiger partial charge in [-0.1, -0.05) is 12.1 Å². The summed E-state index contributed by atoms with van der Waals surface area (Å²) >= 11 is 0. The fraction of sp³-hybridized carbons (Fsp3) is 0.300. The SMILES string of the molecule is Cc1nc2ccccc2n1CC(=O)Nc1cc(S(=O)(=O)N(C)C)ccc1N(C)C. The summed E-state index contributed by atoms with van der Waals surface area (Å²) in [7, 11) is 2.99. The van der Waals surface area contributed by atoms with Crippen LogP contribution in [-0.2, 0) is 21.4 Å². The topological polar surface area (TPSA) is 87.5 Å². The van der Waals surface area contributed by atoms with E-state index < -0.39 is 10.0 Å². The number of nitrogens with one attached hydrogen (secondary N) is 1. The van der Waals surface area contributed by atoms with Gasteiger partial charge in [-0.3, -0.25) is 4.79 Å². The average molecular weight is 416 g/mol. The van der Waals surface area contributed by atoms with Gasteiger partial charge >= 0.3 is 0 Å². The molecule has 1 amide bonds. The Kier molecular flexibility index (Phi) is 5.63. The maximum Gasteiger partial charge on any atom is 0.244 e. The van der Waals surface area contributed by atoms with Gasteiger partial charge in [0.05, 0.1) is 27.3 Å². The molecule has 3 rings (SSSR count). The summed E-state index contributed by atoms with van der Waals surface area (Å²) in [6.45, 7) is 1.92. The minimum atomic E-state index is -3.61. The Balaban J connectivity index is 1.93. The molecule has 0 spiro atoms. The summed E-state index contributed by atoms with van der Waals surface area (Å²) in [4.78, 5) is 19.2. The molecule has 0 saturated heterocycles. The van der Waals surface area contributed by atoms with Crippen LogP contribution < -0.4 is 10.2 Å². The molecule has 1 heterocycles. The van der Waals surface area contributed by atoms with Crippen molar-refractivity contribution in [2.24, 2.45) is 0 Å². The number of aryl methyl sites for hydroxylation is 1. The van der Waals surface area contributed by atoms with Gasteiger partial charge in [-0.25, -0.2) is 17.7 Å². The minimum absolute atomic E-state index is 0.0733. The molecule has 0 atom stereocenters. The lowest BCUT2D eigenvalue weighted by atomic mass is 10.2. The molecular weight excluding hydrogens is 390 g/mol. The minimum Gasteiger partial charge on any atom is -0.376 e. The summed E-state index contributed by atoms with van der Waals surface area (Å²) < 4.78 is 27.9.